The van der Waals surface area contributed by atoms with Crippen LogP contribution in [-0.4, -0.2) is 12.6 Å². The molecule has 1 rings (SSSR count). The number of carbonyl (C=O) groups excluding carboxylic acids is 1. The second-order valence-corrected chi connectivity index (χ2v) is 5.76. The topological polar surface area (TPSA) is 26.3 Å². The number of hydrogen-bond acceptors (Lipinski definition) is 2. The summed E-state index contributed by atoms with van der Waals surface area (Å²) in [6.07, 6.45) is 9.82. The number of hydrogen-bond donors (Lipinski definition) is 0. The van der Waals surface area contributed by atoms with Gasteiger partial charge in [-0.15, -0.1) is 0 Å². The molecule has 2 heteroatoms. The van der Waals surface area contributed by atoms with Gasteiger partial charge in [-0.1, -0.05) is 30.2 Å². The van der Waals surface area contributed by atoms with Crippen molar-refractivity contribution < 1.29 is 9.53 Å². The van der Waals surface area contributed by atoms with E-state index in [1.165, 1.54) is 17.6 Å². The van der Waals surface area contributed by atoms with Gasteiger partial charge in [0.15, 0.2) is 0 Å². The Hall–Kier alpha value is -1.05. The van der Waals surface area contributed by atoms with E-state index in [0.717, 1.165) is 25.7 Å². The molecule has 2 atom stereocenters. The first kappa shape index (κ1) is 16.0. The monoisotopic (exact) mass is 264 g/mol. The van der Waals surface area contributed by atoms with Crippen molar-refractivity contribution in [3.63, 3.8) is 0 Å². The first-order valence-corrected chi connectivity index (χ1v) is 7.53. The lowest BCUT2D eigenvalue weighted by atomic mass is 9.83. The molecule has 1 aliphatic carbocycles. The minimum atomic E-state index is -0.0185. The maximum absolute atomic E-state index is 11.7. The van der Waals surface area contributed by atoms with Gasteiger partial charge in [-0.25, -0.2) is 0 Å². The Morgan fingerprint density at radius 2 is 2.26 bits per heavy atom. The van der Waals surface area contributed by atoms with E-state index < -0.39 is 0 Å². The fourth-order valence-corrected chi connectivity index (χ4v) is 2.58. The van der Waals surface area contributed by atoms with Crippen molar-refractivity contribution in [3.8, 4) is 0 Å². The Morgan fingerprint density at radius 1 is 1.53 bits per heavy atom. The molecule has 0 saturated carbocycles. The van der Waals surface area contributed by atoms with E-state index in [2.05, 4.69) is 32.9 Å². The van der Waals surface area contributed by atoms with Crippen molar-refractivity contribution >= 4 is 5.97 Å². The number of esters is 1. The molecule has 1 aliphatic rings. The van der Waals surface area contributed by atoms with Crippen LogP contribution in [0.2, 0.25) is 0 Å². The fraction of sp³-hybridized carbons (Fsp3) is 0.706. The smallest absolute Gasteiger partial charge is 0.309 e. The van der Waals surface area contributed by atoms with Crippen molar-refractivity contribution in [2.75, 3.05) is 6.61 Å². The van der Waals surface area contributed by atoms with Crippen LogP contribution < -0.4 is 0 Å². The van der Waals surface area contributed by atoms with Crippen LogP contribution in [0.15, 0.2) is 23.3 Å². The van der Waals surface area contributed by atoms with Gasteiger partial charge in [-0.05, 0) is 58.8 Å². The third-order valence-electron chi connectivity index (χ3n) is 3.85. The fourth-order valence-electron chi connectivity index (χ4n) is 2.58. The Balaban J connectivity index is 2.41. The second kappa shape index (κ2) is 8.19. The first-order chi connectivity index (χ1) is 9.04. The molecule has 0 radical (unpaired) electrons. The third kappa shape index (κ3) is 5.63. The molecular formula is C17H28O2. The van der Waals surface area contributed by atoms with E-state index in [9.17, 15) is 4.79 Å². The molecule has 0 saturated heterocycles. The lowest BCUT2D eigenvalue weighted by Crippen LogP contribution is -2.20. The highest BCUT2D eigenvalue weighted by Crippen LogP contribution is 2.30. The molecule has 19 heavy (non-hydrogen) atoms. The number of rotatable bonds is 6. The molecule has 2 unspecified atom stereocenters. The Bertz CT molecular complexity index is 348. The van der Waals surface area contributed by atoms with Gasteiger partial charge in [0.2, 0.25) is 0 Å². The van der Waals surface area contributed by atoms with Crippen LogP contribution in [0, 0.1) is 11.8 Å². The molecule has 0 aromatic carbocycles. The lowest BCUT2D eigenvalue weighted by Gasteiger charge is -2.24. The van der Waals surface area contributed by atoms with Crippen molar-refractivity contribution in [1.82, 2.24) is 0 Å². The average Bonchev–Trinajstić information content (AvgIpc) is 2.38. The molecule has 0 aromatic rings. The van der Waals surface area contributed by atoms with E-state index in [0.29, 0.717) is 12.5 Å². The number of ether oxygens (including phenoxy) is 1. The number of allylic oxidation sites excluding steroid dienone is 4. The van der Waals surface area contributed by atoms with Crippen LogP contribution in [-0.2, 0) is 9.53 Å². The summed E-state index contributed by atoms with van der Waals surface area (Å²) in [5, 5.41) is 0. The van der Waals surface area contributed by atoms with Crippen molar-refractivity contribution in [3.05, 3.63) is 23.3 Å². The van der Waals surface area contributed by atoms with Gasteiger partial charge in [0.05, 0.1) is 12.5 Å². The van der Waals surface area contributed by atoms with E-state index in [1.54, 1.807) is 0 Å². The van der Waals surface area contributed by atoms with Gasteiger partial charge < -0.3 is 4.74 Å². The molecule has 0 fully saturated rings. The Labute approximate surface area is 117 Å². The van der Waals surface area contributed by atoms with Crippen LogP contribution in [0.5, 0.6) is 0 Å². The molecule has 0 spiro atoms. The molecule has 0 aliphatic heterocycles. The maximum atomic E-state index is 11.7. The highest BCUT2D eigenvalue weighted by Gasteiger charge is 2.23. The van der Waals surface area contributed by atoms with Crippen LogP contribution in [0.4, 0.5) is 0 Å². The normalized spacial score (nSPS) is 20.4. The molecule has 0 aromatic heterocycles. The summed E-state index contributed by atoms with van der Waals surface area (Å²) in [6.45, 7) is 8.95. The van der Waals surface area contributed by atoms with Gasteiger partial charge in [-0.3, -0.25) is 4.79 Å². The van der Waals surface area contributed by atoms with E-state index in [-0.39, 0.29) is 11.9 Å². The second-order valence-electron chi connectivity index (χ2n) is 5.76. The van der Waals surface area contributed by atoms with Gasteiger partial charge >= 0.3 is 5.97 Å². The SMILES string of the molecule is CCOC(=O)C1CC=C(C(C)CCC=C(C)C)CC1. The molecule has 0 N–H and O–H groups in total. The molecular weight excluding hydrogens is 236 g/mol. The van der Waals surface area contributed by atoms with Crippen LogP contribution in [0.1, 0.15) is 59.8 Å². The van der Waals surface area contributed by atoms with E-state index >= 15 is 0 Å². The van der Waals surface area contributed by atoms with Gasteiger partial charge in [0.25, 0.3) is 0 Å². The summed E-state index contributed by atoms with van der Waals surface area (Å²) in [5.41, 5.74) is 2.93. The third-order valence-corrected chi connectivity index (χ3v) is 3.85. The standard InChI is InChI=1S/C17H28O2/c1-5-19-17(18)16-11-9-15(10-12-16)14(4)8-6-7-13(2)3/h7,9,14,16H,5-6,8,10-12H2,1-4H3. The predicted octanol–water partition coefficient (Wildman–Crippen LogP) is 4.66. The summed E-state index contributed by atoms with van der Waals surface area (Å²) >= 11 is 0. The maximum Gasteiger partial charge on any atom is 0.309 e. The van der Waals surface area contributed by atoms with Crippen molar-refractivity contribution in [1.29, 1.82) is 0 Å². The summed E-state index contributed by atoms with van der Waals surface area (Å²) in [7, 11) is 0. The largest absolute Gasteiger partial charge is 0.466 e. The molecule has 108 valence electrons. The zero-order valence-corrected chi connectivity index (χ0v) is 12.9. The first-order valence-electron chi connectivity index (χ1n) is 7.53. The molecule has 0 amide bonds. The minimum absolute atomic E-state index is 0.0185. The molecule has 2 nitrogen and oxygen atoms in total. The summed E-state index contributed by atoms with van der Waals surface area (Å²) in [6, 6.07) is 0. The van der Waals surface area contributed by atoms with E-state index in [4.69, 9.17) is 4.74 Å². The zero-order valence-electron chi connectivity index (χ0n) is 12.9. The highest BCUT2D eigenvalue weighted by molar-refractivity contribution is 5.72. The van der Waals surface area contributed by atoms with E-state index in [1.807, 2.05) is 6.92 Å². The van der Waals surface area contributed by atoms with Gasteiger partial charge in [0, 0.05) is 0 Å². The van der Waals surface area contributed by atoms with Crippen LogP contribution in [0.25, 0.3) is 0 Å². The summed E-state index contributed by atoms with van der Waals surface area (Å²) < 4.78 is 5.09. The summed E-state index contributed by atoms with van der Waals surface area (Å²) in [5.74, 6) is 0.711. The minimum Gasteiger partial charge on any atom is -0.466 e. The Kier molecular flexibility index (Phi) is 6.90. The average molecular weight is 264 g/mol. The number of carbonyl (C=O) groups is 1. The quantitative estimate of drug-likeness (QED) is 0.515. The predicted molar refractivity (Wildman–Crippen MR) is 79.9 cm³/mol. The molecule has 0 heterocycles. The highest BCUT2D eigenvalue weighted by atomic mass is 16.5. The summed E-state index contributed by atoms with van der Waals surface area (Å²) in [4.78, 5) is 11.7. The van der Waals surface area contributed by atoms with Crippen molar-refractivity contribution in [2.45, 2.75) is 59.8 Å². The zero-order chi connectivity index (χ0) is 14.3. The van der Waals surface area contributed by atoms with Crippen molar-refractivity contribution in [2.24, 2.45) is 11.8 Å². The molecule has 0 bridgehead atoms. The van der Waals surface area contributed by atoms with Gasteiger partial charge in [0.1, 0.15) is 0 Å². The lowest BCUT2D eigenvalue weighted by molar-refractivity contribution is -0.148. The Morgan fingerprint density at radius 3 is 2.79 bits per heavy atom. The van der Waals surface area contributed by atoms with Crippen LogP contribution in [0.3, 0.4) is 0 Å². The van der Waals surface area contributed by atoms with Gasteiger partial charge in [-0.2, -0.15) is 0 Å². The van der Waals surface area contributed by atoms with Crippen LogP contribution >= 0.6 is 0 Å².